The van der Waals surface area contributed by atoms with E-state index in [2.05, 4.69) is 20.5 Å². The zero-order chi connectivity index (χ0) is 23.5. The van der Waals surface area contributed by atoms with Gasteiger partial charge < -0.3 is 14.5 Å². The molecule has 4 aromatic rings. The molecule has 5 rings (SSSR count). The third-order valence-corrected chi connectivity index (χ3v) is 6.02. The number of nitrogens with zero attached hydrogens (tertiary/aromatic N) is 4. The molecule has 2 aromatic heterocycles. The second kappa shape index (κ2) is 9.54. The summed E-state index contributed by atoms with van der Waals surface area (Å²) in [5.41, 5.74) is 3.19. The molecule has 1 N–H and O–H groups in total. The first-order chi connectivity index (χ1) is 16.5. The molecule has 0 saturated carbocycles. The maximum atomic E-state index is 10.9. The number of rotatable bonds is 6. The summed E-state index contributed by atoms with van der Waals surface area (Å²) in [5, 5.41) is 23.9. The van der Waals surface area contributed by atoms with Crippen LogP contribution in [-0.4, -0.2) is 26.3 Å². The number of furan rings is 1. The molecule has 11 heteroatoms. The van der Waals surface area contributed by atoms with Crippen LogP contribution < -0.4 is 10.1 Å². The Morgan fingerprint density at radius 3 is 2.74 bits per heavy atom. The summed E-state index contributed by atoms with van der Waals surface area (Å²) in [4.78, 5) is 14.9. The van der Waals surface area contributed by atoms with Crippen molar-refractivity contribution in [3.05, 3.63) is 93.2 Å². The molecule has 0 aliphatic carbocycles. The van der Waals surface area contributed by atoms with Gasteiger partial charge in [-0.15, -0.1) is 10.2 Å². The van der Waals surface area contributed by atoms with Crippen LogP contribution in [0.15, 0.2) is 76.3 Å². The van der Waals surface area contributed by atoms with E-state index in [0.29, 0.717) is 33.3 Å². The van der Waals surface area contributed by atoms with E-state index in [-0.39, 0.29) is 5.88 Å². The van der Waals surface area contributed by atoms with Crippen LogP contribution in [0.25, 0.3) is 17.3 Å². The van der Waals surface area contributed by atoms with Crippen molar-refractivity contribution in [1.29, 1.82) is 0 Å². The molecule has 3 heterocycles. The number of anilines is 1. The molecule has 1 aliphatic heterocycles. The minimum atomic E-state index is -0.627. The molecule has 0 saturated heterocycles. The van der Waals surface area contributed by atoms with Crippen LogP contribution in [0, 0.1) is 10.1 Å². The number of aromatic nitrogens is 3. The normalized spacial score (nSPS) is 14.6. The van der Waals surface area contributed by atoms with E-state index in [0.717, 1.165) is 16.8 Å². The lowest BCUT2D eigenvalue weighted by molar-refractivity contribution is -0.402. The van der Waals surface area contributed by atoms with E-state index >= 15 is 0 Å². The predicted octanol–water partition coefficient (Wildman–Crippen LogP) is 5.83. The van der Waals surface area contributed by atoms with Gasteiger partial charge >= 0.3 is 5.88 Å². The molecule has 0 amide bonds. The number of benzene rings is 2. The van der Waals surface area contributed by atoms with Crippen LogP contribution in [-0.2, 0) is 5.75 Å². The fourth-order valence-electron chi connectivity index (χ4n) is 3.26. The van der Waals surface area contributed by atoms with Crippen molar-refractivity contribution in [2.24, 2.45) is 0 Å². The van der Waals surface area contributed by atoms with Crippen molar-refractivity contribution in [2.75, 3.05) is 5.32 Å². The molecule has 170 valence electrons. The van der Waals surface area contributed by atoms with Gasteiger partial charge in [-0.3, -0.25) is 10.1 Å². The fraction of sp³-hybridized carbons (Fsp3) is 0.0870. The third-order valence-electron chi connectivity index (χ3n) is 4.86. The van der Waals surface area contributed by atoms with Crippen molar-refractivity contribution < 1.29 is 14.1 Å². The second-order valence-corrected chi connectivity index (χ2v) is 8.56. The van der Waals surface area contributed by atoms with Crippen LogP contribution in [0.5, 0.6) is 5.88 Å². The van der Waals surface area contributed by atoms with Crippen molar-refractivity contribution in [2.45, 2.75) is 17.1 Å². The molecule has 0 bridgehead atoms. The van der Waals surface area contributed by atoms with Crippen LogP contribution >= 0.6 is 23.4 Å². The van der Waals surface area contributed by atoms with Gasteiger partial charge in [-0.25, -0.2) is 0 Å². The average molecular weight is 494 g/mol. The number of nitrogens with one attached hydrogen (secondary N) is 1. The smallest absolute Gasteiger partial charge is 0.433 e. The highest BCUT2D eigenvalue weighted by molar-refractivity contribution is 7.98. The molecule has 1 aliphatic rings. The van der Waals surface area contributed by atoms with Gasteiger partial charge in [-0.1, -0.05) is 53.7 Å². The van der Waals surface area contributed by atoms with Gasteiger partial charge in [0.1, 0.15) is 10.7 Å². The summed E-state index contributed by atoms with van der Waals surface area (Å²) in [6, 6.07) is 18.0. The molecule has 9 nitrogen and oxygen atoms in total. The maximum absolute atomic E-state index is 10.9. The van der Waals surface area contributed by atoms with Gasteiger partial charge in [-0.05, 0) is 42.0 Å². The quantitative estimate of drug-likeness (QED) is 0.201. The largest absolute Gasteiger partial charge is 0.448 e. The molecule has 2 aromatic carbocycles. The topological polar surface area (TPSA) is 116 Å². The molecule has 34 heavy (non-hydrogen) atoms. The summed E-state index contributed by atoms with van der Waals surface area (Å²) in [6.45, 7) is 0. The van der Waals surface area contributed by atoms with Crippen molar-refractivity contribution in [1.82, 2.24) is 15.2 Å². The van der Waals surface area contributed by atoms with Crippen molar-refractivity contribution in [3.63, 3.8) is 0 Å². The van der Waals surface area contributed by atoms with E-state index in [1.807, 2.05) is 48.5 Å². The van der Waals surface area contributed by atoms with Gasteiger partial charge in [0.2, 0.25) is 11.0 Å². The third kappa shape index (κ3) is 4.87. The van der Waals surface area contributed by atoms with Crippen LogP contribution in [0.1, 0.15) is 11.3 Å². The Morgan fingerprint density at radius 2 is 1.94 bits per heavy atom. The maximum Gasteiger partial charge on any atom is 0.433 e. The number of para-hydroxylation sites is 1. The summed E-state index contributed by atoms with van der Waals surface area (Å²) in [6.07, 6.45) is 2.66. The average Bonchev–Trinajstić information content (AvgIpc) is 3.26. The summed E-state index contributed by atoms with van der Waals surface area (Å²) in [7, 11) is 0. The van der Waals surface area contributed by atoms with Crippen molar-refractivity contribution in [3.8, 4) is 17.1 Å². The van der Waals surface area contributed by atoms with E-state index in [1.54, 1.807) is 12.2 Å². The number of hydrogen-bond donors (Lipinski definition) is 1. The SMILES string of the molecule is O=[N+]([O-])c1ccc(/C=C/C2Nc3ccccc3-c3nnc(SCc4ccc(Cl)cc4)nc3O2)o1. The highest BCUT2D eigenvalue weighted by Gasteiger charge is 2.24. The lowest BCUT2D eigenvalue weighted by atomic mass is 10.1. The molecule has 1 atom stereocenters. The van der Waals surface area contributed by atoms with Gasteiger partial charge in [0, 0.05) is 22.0 Å². The first-order valence-corrected chi connectivity index (χ1v) is 11.5. The lowest BCUT2D eigenvalue weighted by Crippen LogP contribution is -2.23. The van der Waals surface area contributed by atoms with Crippen LogP contribution in [0.4, 0.5) is 11.6 Å². The first kappa shape index (κ1) is 21.9. The Morgan fingerprint density at radius 1 is 1.12 bits per heavy atom. The molecule has 0 spiro atoms. The highest BCUT2D eigenvalue weighted by atomic mass is 35.5. The Hall–Kier alpha value is -3.89. The zero-order valence-electron chi connectivity index (χ0n) is 17.4. The van der Waals surface area contributed by atoms with E-state index in [9.17, 15) is 10.1 Å². The Bertz CT molecular complexity index is 1380. The number of fused-ring (bicyclic) bond motifs is 3. The number of thioether (sulfide) groups is 1. The first-order valence-electron chi connectivity index (χ1n) is 10.1. The Labute approximate surface area is 203 Å². The van der Waals surface area contributed by atoms with Crippen molar-refractivity contribution >= 4 is 41.0 Å². The molecule has 0 radical (unpaired) electrons. The van der Waals surface area contributed by atoms with E-state index in [1.165, 1.54) is 23.9 Å². The van der Waals surface area contributed by atoms with E-state index in [4.69, 9.17) is 20.8 Å². The number of halogens is 1. The Kier molecular flexibility index (Phi) is 6.15. The number of ether oxygens (including phenoxy) is 1. The highest BCUT2D eigenvalue weighted by Crippen LogP contribution is 2.36. The standard InChI is InChI=1S/C23H16ClN5O4S/c24-15-7-5-14(6-8-15)13-34-23-26-22-21(27-28-23)17-3-1-2-4-18(17)25-19(33-22)11-9-16-10-12-20(32-16)29(30)31/h1-12,19,25H,13H2/b11-9+. The summed E-state index contributed by atoms with van der Waals surface area (Å²) in [5.74, 6) is 0.970. The fourth-order valence-corrected chi connectivity index (χ4v) is 4.12. The lowest BCUT2D eigenvalue weighted by Gasteiger charge is -2.15. The predicted molar refractivity (Wildman–Crippen MR) is 129 cm³/mol. The van der Waals surface area contributed by atoms with Gasteiger partial charge in [0.25, 0.3) is 0 Å². The monoisotopic (exact) mass is 493 g/mol. The van der Waals surface area contributed by atoms with Gasteiger partial charge in [0.15, 0.2) is 11.9 Å². The van der Waals surface area contributed by atoms with Gasteiger partial charge in [-0.2, -0.15) is 4.98 Å². The summed E-state index contributed by atoms with van der Waals surface area (Å²) >= 11 is 7.39. The van der Waals surface area contributed by atoms with E-state index < -0.39 is 11.2 Å². The van der Waals surface area contributed by atoms with Gasteiger partial charge in [0.05, 0.1) is 6.07 Å². The molecular formula is C23H16ClN5O4S. The van der Waals surface area contributed by atoms with Crippen LogP contribution in [0.3, 0.4) is 0 Å². The number of nitro groups is 1. The molecular weight excluding hydrogens is 478 g/mol. The molecule has 1 unspecified atom stereocenters. The molecule has 0 fully saturated rings. The van der Waals surface area contributed by atoms with Crippen LogP contribution in [0.2, 0.25) is 5.02 Å². The number of hydrogen-bond acceptors (Lipinski definition) is 9. The summed E-state index contributed by atoms with van der Waals surface area (Å²) < 4.78 is 11.3. The zero-order valence-corrected chi connectivity index (χ0v) is 19.0. The Balaban J connectivity index is 1.41. The minimum absolute atomic E-state index is 0.325. The second-order valence-electron chi connectivity index (χ2n) is 7.18. The minimum Gasteiger partial charge on any atom is -0.448 e.